The van der Waals surface area contributed by atoms with E-state index in [2.05, 4.69) is 20.7 Å². The second kappa shape index (κ2) is 4.77. The third kappa shape index (κ3) is 2.27. The summed E-state index contributed by atoms with van der Waals surface area (Å²) in [5, 5.41) is 0. The summed E-state index contributed by atoms with van der Waals surface area (Å²) >= 11 is 3.23. The zero-order valence-electron chi connectivity index (χ0n) is 8.98. The van der Waals surface area contributed by atoms with E-state index in [-0.39, 0.29) is 5.76 Å². The van der Waals surface area contributed by atoms with E-state index in [1.807, 2.05) is 0 Å². The molecule has 6 heteroatoms. The highest BCUT2D eigenvalue weighted by Crippen LogP contribution is 2.28. The zero-order chi connectivity index (χ0) is 12.4. The van der Waals surface area contributed by atoms with Gasteiger partial charge in [0.15, 0.2) is 4.67 Å². The number of nitrogens with two attached hydrogens (primary N) is 1. The van der Waals surface area contributed by atoms with Crippen LogP contribution in [-0.2, 0) is 4.74 Å². The number of carbonyl (C=O) groups excluding carboxylic acids is 1. The molecular weight excluding hydrogens is 290 g/mol. The molecule has 0 saturated heterocycles. The molecule has 1 unspecified atom stereocenters. The molecule has 2 rings (SSSR count). The highest BCUT2D eigenvalue weighted by atomic mass is 79.9. The Kier molecular flexibility index (Phi) is 3.35. The minimum atomic E-state index is -0.533. The fraction of sp³-hybridized carbons (Fsp3) is 0.182. The molecule has 0 saturated carbocycles. The number of ether oxygens (including phenoxy) is 1. The molecule has 0 aromatic carbocycles. The summed E-state index contributed by atoms with van der Waals surface area (Å²) < 4.78 is 15.5. The van der Waals surface area contributed by atoms with Crippen LogP contribution in [0.5, 0.6) is 0 Å². The van der Waals surface area contributed by atoms with Crippen molar-refractivity contribution in [2.24, 2.45) is 5.73 Å². The van der Waals surface area contributed by atoms with Gasteiger partial charge < -0.3 is 19.3 Å². The van der Waals surface area contributed by atoms with Gasteiger partial charge >= 0.3 is 5.97 Å². The molecule has 0 spiro atoms. The number of hydrogen-bond acceptors (Lipinski definition) is 5. The van der Waals surface area contributed by atoms with Gasteiger partial charge in [-0.25, -0.2) is 4.79 Å². The van der Waals surface area contributed by atoms with Crippen LogP contribution >= 0.6 is 15.9 Å². The van der Waals surface area contributed by atoms with Crippen molar-refractivity contribution in [1.29, 1.82) is 0 Å². The van der Waals surface area contributed by atoms with Gasteiger partial charge in [-0.05, 0) is 34.1 Å². The molecule has 0 aliphatic heterocycles. The van der Waals surface area contributed by atoms with Crippen molar-refractivity contribution < 1.29 is 18.4 Å². The average molecular weight is 300 g/mol. The first kappa shape index (κ1) is 11.9. The lowest BCUT2D eigenvalue weighted by atomic mass is 10.1. The number of rotatable bonds is 3. The Bertz CT molecular complexity index is 531. The maximum absolute atomic E-state index is 11.2. The summed E-state index contributed by atoms with van der Waals surface area (Å²) in [5.41, 5.74) is 6.73. The Morgan fingerprint density at radius 1 is 1.47 bits per heavy atom. The summed E-state index contributed by atoms with van der Waals surface area (Å²) in [7, 11) is 1.29. The van der Waals surface area contributed by atoms with Crippen LogP contribution in [0.3, 0.4) is 0 Å². The zero-order valence-corrected chi connectivity index (χ0v) is 10.6. The van der Waals surface area contributed by atoms with Crippen LogP contribution in [0.1, 0.15) is 27.9 Å². The minimum Gasteiger partial charge on any atom is -0.463 e. The molecule has 1 atom stereocenters. The van der Waals surface area contributed by atoms with Crippen molar-refractivity contribution in [2.75, 3.05) is 7.11 Å². The number of methoxy groups -OCH3 is 1. The SMILES string of the molecule is COC(=O)c1ccc(C(N)c2ccoc2Br)o1. The molecule has 0 fully saturated rings. The molecule has 2 aromatic rings. The summed E-state index contributed by atoms with van der Waals surface area (Å²) in [6.07, 6.45) is 1.52. The Morgan fingerprint density at radius 2 is 2.24 bits per heavy atom. The van der Waals surface area contributed by atoms with Gasteiger partial charge in [0.1, 0.15) is 5.76 Å². The number of hydrogen-bond donors (Lipinski definition) is 1. The molecule has 17 heavy (non-hydrogen) atoms. The average Bonchev–Trinajstić information content (AvgIpc) is 2.95. The van der Waals surface area contributed by atoms with Crippen LogP contribution < -0.4 is 5.73 Å². The summed E-state index contributed by atoms with van der Waals surface area (Å²) in [5.74, 6) is 0.0553. The smallest absolute Gasteiger partial charge is 0.373 e. The highest BCUT2D eigenvalue weighted by molar-refractivity contribution is 9.10. The maximum Gasteiger partial charge on any atom is 0.373 e. The van der Waals surface area contributed by atoms with E-state index in [9.17, 15) is 4.79 Å². The maximum atomic E-state index is 11.2. The van der Waals surface area contributed by atoms with Gasteiger partial charge in [0.05, 0.1) is 19.4 Å². The van der Waals surface area contributed by atoms with Crippen molar-refractivity contribution >= 4 is 21.9 Å². The van der Waals surface area contributed by atoms with E-state index in [1.165, 1.54) is 19.4 Å². The fourth-order valence-corrected chi connectivity index (χ4v) is 1.90. The normalized spacial score (nSPS) is 12.4. The van der Waals surface area contributed by atoms with Gasteiger partial charge in [-0.1, -0.05) is 0 Å². The standard InChI is InChI=1S/C11H10BrNO4/c1-15-11(14)8-3-2-7(17-8)9(13)6-4-5-16-10(6)12/h2-5,9H,13H2,1H3. The van der Waals surface area contributed by atoms with Crippen LogP contribution in [0.4, 0.5) is 0 Å². The van der Waals surface area contributed by atoms with Crippen molar-refractivity contribution in [3.05, 3.63) is 46.2 Å². The topological polar surface area (TPSA) is 78.6 Å². The van der Waals surface area contributed by atoms with Crippen LogP contribution in [0.2, 0.25) is 0 Å². The Morgan fingerprint density at radius 3 is 2.82 bits per heavy atom. The van der Waals surface area contributed by atoms with Gasteiger partial charge in [0, 0.05) is 5.56 Å². The van der Waals surface area contributed by atoms with Gasteiger partial charge in [-0.3, -0.25) is 0 Å². The molecule has 5 nitrogen and oxygen atoms in total. The Hall–Kier alpha value is -1.53. The van der Waals surface area contributed by atoms with E-state index < -0.39 is 12.0 Å². The van der Waals surface area contributed by atoms with E-state index in [0.717, 1.165) is 5.56 Å². The van der Waals surface area contributed by atoms with Crippen LogP contribution in [0.25, 0.3) is 0 Å². The van der Waals surface area contributed by atoms with Crippen LogP contribution in [0.15, 0.2) is 38.0 Å². The third-order valence-electron chi connectivity index (χ3n) is 2.30. The van der Waals surface area contributed by atoms with Crippen LogP contribution in [0, 0.1) is 0 Å². The second-order valence-corrected chi connectivity index (χ2v) is 4.04. The minimum absolute atomic E-state index is 0.123. The molecule has 0 aliphatic carbocycles. The monoisotopic (exact) mass is 299 g/mol. The summed E-state index contributed by atoms with van der Waals surface area (Å²) in [6.45, 7) is 0. The van der Waals surface area contributed by atoms with Gasteiger partial charge in [-0.2, -0.15) is 0 Å². The first-order chi connectivity index (χ1) is 8.13. The molecule has 0 aliphatic rings. The lowest BCUT2D eigenvalue weighted by Crippen LogP contribution is -2.10. The highest BCUT2D eigenvalue weighted by Gasteiger charge is 2.20. The summed E-state index contributed by atoms with van der Waals surface area (Å²) in [4.78, 5) is 11.2. The molecule has 0 bridgehead atoms. The second-order valence-electron chi connectivity index (χ2n) is 3.32. The predicted octanol–water partition coefficient (Wildman–Crippen LogP) is 2.47. The molecule has 0 radical (unpaired) electrons. The quantitative estimate of drug-likeness (QED) is 0.881. The predicted molar refractivity (Wildman–Crippen MR) is 62.5 cm³/mol. The van der Waals surface area contributed by atoms with Gasteiger partial charge in [-0.15, -0.1) is 0 Å². The molecular formula is C11H10BrNO4. The number of carbonyl (C=O) groups is 1. The molecule has 2 heterocycles. The number of esters is 1. The molecule has 2 aromatic heterocycles. The van der Waals surface area contributed by atoms with E-state index in [0.29, 0.717) is 10.4 Å². The summed E-state index contributed by atoms with van der Waals surface area (Å²) in [6, 6.07) is 4.39. The Labute approximate surface area is 106 Å². The van der Waals surface area contributed by atoms with Crippen molar-refractivity contribution in [1.82, 2.24) is 0 Å². The van der Waals surface area contributed by atoms with E-state index >= 15 is 0 Å². The van der Waals surface area contributed by atoms with Crippen molar-refractivity contribution in [3.63, 3.8) is 0 Å². The Balaban J connectivity index is 2.26. The molecule has 2 N–H and O–H groups in total. The van der Waals surface area contributed by atoms with Crippen molar-refractivity contribution in [3.8, 4) is 0 Å². The van der Waals surface area contributed by atoms with E-state index in [4.69, 9.17) is 14.6 Å². The van der Waals surface area contributed by atoms with E-state index in [1.54, 1.807) is 12.1 Å². The first-order valence-corrected chi connectivity index (χ1v) is 5.59. The van der Waals surface area contributed by atoms with Crippen molar-refractivity contribution in [2.45, 2.75) is 6.04 Å². The lowest BCUT2D eigenvalue weighted by molar-refractivity contribution is 0.0562. The van der Waals surface area contributed by atoms with Gasteiger partial charge in [0.25, 0.3) is 0 Å². The third-order valence-corrected chi connectivity index (χ3v) is 2.95. The number of furan rings is 2. The van der Waals surface area contributed by atoms with Crippen LogP contribution in [-0.4, -0.2) is 13.1 Å². The first-order valence-electron chi connectivity index (χ1n) is 4.80. The van der Waals surface area contributed by atoms with Gasteiger partial charge in [0.2, 0.25) is 5.76 Å². The molecule has 90 valence electrons. The fourth-order valence-electron chi connectivity index (χ4n) is 1.41. The number of halogens is 1. The molecule has 0 amide bonds. The largest absolute Gasteiger partial charge is 0.463 e. The lowest BCUT2D eigenvalue weighted by Gasteiger charge is -2.06.